The van der Waals surface area contributed by atoms with Gasteiger partial charge in [-0.25, -0.2) is 8.78 Å². The topological polar surface area (TPSA) is 91.6 Å². The first-order valence-corrected chi connectivity index (χ1v) is 13.6. The Hall–Kier alpha value is -3.88. The monoisotopic (exact) mass is 546 g/mol. The standard InChI is InChI=1S/C32H32F2N2O4/c1-2-19-5-3-6-20(11-19)17-35-18-28(37)27(14-21-12-23(33)16-24(34)13-21)36-32(39)22-9-10-30-26(15-22)31(38)25-7-4-8-29(25)40-30/h3,5-6,9-13,15-16,27-28,35,37H,2,4,7-8,14,17-18H2,1H3,(H,36,39)/t27-,28+/m0/s1. The lowest BCUT2D eigenvalue weighted by atomic mass is 9.99. The van der Waals surface area contributed by atoms with E-state index in [0.717, 1.165) is 30.9 Å². The second kappa shape index (κ2) is 12.1. The number of aliphatic hydroxyl groups is 1. The second-order valence-electron chi connectivity index (χ2n) is 10.3. The number of fused-ring (bicyclic) bond motifs is 2. The molecule has 0 saturated carbocycles. The Bertz CT molecular complexity index is 1580. The Kier molecular flexibility index (Phi) is 8.38. The average Bonchev–Trinajstić information content (AvgIpc) is 3.41. The Morgan fingerprint density at radius 1 is 1.00 bits per heavy atom. The fourth-order valence-electron chi connectivity index (χ4n) is 5.29. The number of halogens is 2. The molecule has 1 amide bonds. The van der Waals surface area contributed by atoms with Gasteiger partial charge in [0.1, 0.15) is 23.0 Å². The summed E-state index contributed by atoms with van der Waals surface area (Å²) in [6, 6.07) is 15.0. The molecular weight excluding hydrogens is 514 g/mol. The van der Waals surface area contributed by atoms with Gasteiger partial charge in [0.15, 0.2) is 5.43 Å². The molecule has 0 fully saturated rings. The number of carbonyl (C=O) groups is 1. The first-order valence-electron chi connectivity index (χ1n) is 13.6. The van der Waals surface area contributed by atoms with Crippen LogP contribution in [0.2, 0.25) is 0 Å². The predicted octanol–water partition coefficient (Wildman–Crippen LogP) is 4.61. The summed E-state index contributed by atoms with van der Waals surface area (Å²) in [6.45, 7) is 2.71. The molecule has 0 saturated heterocycles. The van der Waals surface area contributed by atoms with Gasteiger partial charge in [-0.15, -0.1) is 0 Å². The van der Waals surface area contributed by atoms with Crippen molar-refractivity contribution in [1.82, 2.24) is 10.6 Å². The molecule has 4 aromatic rings. The fourth-order valence-corrected chi connectivity index (χ4v) is 5.29. The molecule has 1 aliphatic carbocycles. The van der Waals surface area contributed by atoms with E-state index in [-0.39, 0.29) is 24.0 Å². The van der Waals surface area contributed by atoms with Crippen molar-refractivity contribution in [1.29, 1.82) is 0 Å². The van der Waals surface area contributed by atoms with E-state index < -0.39 is 29.7 Å². The Morgan fingerprint density at radius 3 is 2.55 bits per heavy atom. The minimum atomic E-state index is -1.07. The molecule has 8 heteroatoms. The van der Waals surface area contributed by atoms with E-state index in [1.54, 1.807) is 12.1 Å². The first-order chi connectivity index (χ1) is 19.3. The van der Waals surface area contributed by atoms with E-state index >= 15 is 0 Å². The van der Waals surface area contributed by atoms with Crippen molar-refractivity contribution < 1.29 is 23.1 Å². The van der Waals surface area contributed by atoms with E-state index in [2.05, 4.69) is 23.6 Å². The summed E-state index contributed by atoms with van der Waals surface area (Å²) in [5.74, 6) is -1.29. The zero-order valence-electron chi connectivity index (χ0n) is 22.3. The van der Waals surface area contributed by atoms with Gasteiger partial charge < -0.3 is 20.2 Å². The molecule has 5 rings (SSSR count). The van der Waals surface area contributed by atoms with Crippen molar-refractivity contribution in [3.8, 4) is 0 Å². The molecule has 2 atom stereocenters. The van der Waals surface area contributed by atoms with E-state index in [4.69, 9.17) is 4.42 Å². The molecule has 3 N–H and O–H groups in total. The van der Waals surface area contributed by atoms with E-state index in [1.807, 2.05) is 18.2 Å². The summed E-state index contributed by atoms with van der Waals surface area (Å²) in [5, 5.41) is 17.4. The van der Waals surface area contributed by atoms with E-state index in [1.165, 1.54) is 23.8 Å². The van der Waals surface area contributed by atoms with E-state index in [9.17, 15) is 23.5 Å². The second-order valence-corrected chi connectivity index (χ2v) is 10.3. The van der Waals surface area contributed by atoms with E-state index in [0.29, 0.717) is 40.8 Å². The molecular formula is C32H32F2N2O4. The third-order valence-electron chi connectivity index (χ3n) is 7.40. The van der Waals surface area contributed by atoms with Crippen LogP contribution in [-0.2, 0) is 32.2 Å². The normalized spacial score (nSPS) is 14.2. The summed E-state index contributed by atoms with van der Waals surface area (Å²) < 4.78 is 33.7. The Balaban J connectivity index is 1.34. The number of nitrogens with one attached hydrogen (secondary N) is 2. The maximum absolute atomic E-state index is 13.9. The van der Waals surface area contributed by atoms with Crippen LogP contribution in [0.4, 0.5) is 8.78 Å². The number of hydrogen-bond acceptors (Lipinski definition) is 5. The molecule has 0 radical (unpaired) electrons. The predicted molar refractivity (Wildman–Crippen MR) is 149 cm³/mol. The van der Waals surface area contributed by atoms with Gasteiger partial charge in [-0.3, -0.25) is 9.59 Å². The maximum atomic E-state index is 13.9. The zero-order valence-corrected chi connectivity index (χ0v) is 22.3. The summed E-state index contributed by atoms with van der Waals surface area (Å²) >= 11 is 0. The minimum absolute atomic E-state index is 0.00217. The number of rotatable bonds is 10. The lowest BCUT2D eigenvalue weighted by Crippen LogP contribution is -2.48. The number of benzene rings is 3. The molecule has 1 aliphatic rings. The van der Waals surface area contributed by atoms with Crippen LogP contribution in [0.25, 0.3) is 11.0 Å². The summed E-state index contributed by atoms with van der Waals surface area (Å²) in [4.78, 5) is 26.3. The van der Waals surface area contributed by atoms with Crippen LogP contribution in [-0.4, -0.2) is 29.7 Å². The molecule has 40 heavy (non-hydrogen) atoms. The number of amides is 1. The molecule has 208 valence electrons. The van der Waals surface area contributed by atoms with Gasteiger partial charge in [-0.1, -0.05) is 31.2 Å². The van der Waals surface area contributed by atoms with Crippen molar-refractivity contribution in [2.75, 3.05) is 6.54 Å². The molecule has 0 bridgehead atoms. The van der Waals surface area contributed by atoms with Crippen LogP contribution in [0.5, 0.6) is 0 Å². The fraction of sp³-hybridized carbons (Fsp3) is 0.312. The summed E-state index contributed by atoms with van der Waals surface area (Å²) in [5.41, 5.74) is 3.73. The molecule has 3 aromatic carbocycles. The van der Waals surface area contributed by atoms with Crippen molar-refractivity contribution in [2.24, 2.45) is 0 Å². The van der Waals surface area contributed by atoms with Gasteiger partial charge in [0.2, 0.25) is 0 Å². The van der Waals surface area contributed by atoms with Crippen LogP contribution in [0.1, 0.15) is 51.7 Å². The summed E-state index contributed by atoms with van der Waals surface area (Å²) in [6.07, 6.45) is 2.07. The van der Waals surface area contributed by atoms with Crippen LogP contribution >= 0.6 is 0 Å². The van der Waals surface area contributed by atoms with Gasteiger partial charge in [0.25, 0.3) is 5.91 Å². The highest BCUT2D eigenvalue weighted by atomic mass is 19.1. The Labute approximate surface area is 231 Å². The van der Waals surface area contributed by atoms with Crippen molar-refractivity contribution in [3.05, 3.63) is 116 Å². The van der Waals surface area contributed by atoms with Gasteiger partial charge in [-0.2, -0.15) is 0 Å². The minimum Gasteiger partial charge on any atom is -0.461 e. The molecule has 1 aromatic heterocycles. The third-order valence-corrected chi connectivity index (χ3v) is 7.40. The first kappa shape index (κ1) is 27.7. The largest absolute Gasteiger partial charge is 0.461 e. The number of aliphatic hydroxyl groups excluding tert-OH is 1. The van der Waals surface area contributed by atoms with Gasteiger partial charge in [0.05, 0.1) is 17.5 Å². The molecule has 0 aliphatic heterocycles. The SMILES string of the molecule is CCc1cccc(CNC[C@@H](O)[C@H](Cc2cc(F)cc(F)c2)NC(=O)c2ccc3oc4c(c(=O)c3c2)CCC4)c1. The highest BCUT2D eigenvalue weighted by Crippen LogP contribution is 2.24. The highest BCUT2D eigenvalue weighted by molar-refractivity contribution is 5.98. The maximum Gasteiger partial charge on any atom is 0.251 e. The van der Waals surface area contributed by atoms with Crippen LogP contribution in [0, 0.1) is 11.6 Å². The average molecular weight is 547 g/mol. The van der Waals surface area contributed by atoms with Gasteiger partial charge in [0, 0.05) is 36.7 Å². The van der Waals surface area contributed by atoms with Gasteiger partial charge in [-0.05, 0) is 72.7 Å². The van der Waals surface area contributed by atoms with Crippen LogP contribution < -0.4 is 16.1 Å². The molecule has 6 nitrogen and oxygen atoms in total. The summed E-state index contributed by atoms with van der Waals surface area (Å²) in [7, 11) is 0. The smallest absolute Gasteiger partial charge is 0.251 e. The van der Waals surface area contributed by atoms with Crippen molar-refractivity contribution in [3.63, 3.8) is 0 Å². The third kappa shape index (κ3) is 6.29. The number of carbonyl (C=O) groups excluding carboxylic acids is 1. The van der Waals surface area contributed by atoms with Crippen LogP contribution in [0.3, 0.4) is 0 Å². The van der Waals surface area contributed by atoms with Crippen molar-refractivity contribution in [2.45, 2.75) is 57.7 Å². The quantitative estimate of drug-likeness (QED) is 0.270. The number of hydrogen-bond donors (Lipinski definition) is 3. The lowest BCUT2D eigenvalue weighted by molar-refractivity contribution is 0.0830. The molecule has 1 heterocycles. The van der Waals surface area contributed by atoms with Crippen molar-refractivity contribution >= 4 is 16.9 Å². The Morgan fingerprint density at radius 2 is 1.77 bits per heavy atom. The highest BCUT2D eigenvalue weighted by Gasteiger charge is 2.24. The lowest BCUT2D eigenvalue weighted by Gasteiger charge is -2.25. The number of aryl methyl sites for hydroxylation is 2. The zero-order chi connectivity index (χ0) is 28.2. The van der Waals surface area contributed by atoms with Crippen LogP contribution in [0.15, 0.2) is 69.9 Å². The van der Waals surface area contributed by atoms with Gasteiger partial charge >= 0.3 is 0 Å². The molecule has 0 spiro atoms. The molecule has 0 unspecified atom stereocenters.